The molecule has 0 atom stereocenters. The van der Waals surface area contributed by atoms with Gasteiger partial charge in [-0.05, 0) is 18.6 Å². The third kappa shape index (κ3) is 3.34. The summed E-state index contributed by atoms with van der Waals surface area (Å²) in [6.07, 6.45) is 0.672. The molecular formula is C9H12FNO. The molecule has 0 aromatic heterocycles. The average Bonchev–Trinajstić information content (AvgIpc) is 2.14. The van der Waals surface area contributed by atoms with Gasteiger partial charge in [-0.3, -0.25) is 0 Å². The number of ether oxygens (including phenoxy) is 1. The maximum Gasteiger partial charge on any atom is 0.119 e. The van der Waals surface area contributed by atoms with Gasteiger partial charge >= 0.3 is 0 Å². The van der Waals surface area contributed by atoms with Gasteiger partial charge in [-0.25, -0.2) is 0 Å². The Morgan fingerprint density at radius 2 is 2.00 bits per heavy atom. The Balaban J connectivity index is 2.16. The van der Waals surface area contributed by atoms with Crippen molar-refractivity contribution < 1.29 is 9.22 Å². The molecule has 1 N–H and O–H groups in total. The molecule has 0 spiro atoms. The first-order valence-corrected chi connectivity index (χ1v) is 3.95. The van der Waals surface area contributed by atoms with Gasteiger partial charge in [-0.1, -0.05) is 18.2 Å². The molecule has 0 aliphatic carbocycles. The molecule has 0 amide bonds. The summed E-state index contributed by atoms with van der Waals surface area (Å²) in [4.78, 5) is 0. The molecular weight excluding hydrogens is 157 g/mol. The highest BCUT2D eigenvalue weighted by Crippen LogP contribution is 2.07. The topological polar surface area (TPSA) is 21.3 Å². The molecule has 0 heterocycles. The second-order valence-electron chi connectivity index (χ2n) is 2.40. The molecule has 1 aromatic rings. The molecule has 3 heteroatoms. The summed E-state index contributed by atoms with van der Waals surface area (Å²) in [6, 6.07) is 9.49. The molecule has 0 fully saturated rings. The molecule has 1 rings (SSSR count). The van der Waals surface area contributed by atoms with Crippen LogP contribution in [-0.2, 0) is 0 Å². The lowest BCUT2D eigenvalue weighted by atomic mass is 10.3. The van der Waals surface area contributed by atoms with Crippen molar-refractivity contribution in [1.82, 2.24) is 5.54 Å². The van der Waals surface area contributed by atoms with Crippen LogP contribution >= 0.6 is 0 Å². The summed E-state index contributed by atoms with van der Waals surface area (Å²) < 4.78 is 16.7. The van der Waals surface area contributed by atoms with E-state index in [4.69, 9.17) is 4.74 Å². The number of halogens is 1. The molecule has 0 unspecified atom stereocenters. The predicted molar refractivity (Wildman–Crippen MR) is 45.7 cm³/mol. The monoisotopic (exact) mass is 169 g/mol. The highest BCUT2D eigenvalue weighted by molar-refractivity contribution is 5.20. The van der Waals surface area contributed by atoms with Gasteiger partial charge in [-0.15, -0.1) is 4.48 Å². The molecule has 0 bridgehead atoms. The van der Waals surface area contributed by atoms with Crippen LogP contribution in [-0.4, -0.2) is 13.2 Å². The SMILES string of the molecule is FNCCCOc1ccccc1. The van der Waals surface area contributed by atoms with Crippen molar-refractivity contribution in [3.63, 3.8) is 0 Å². The van der Waals surface area contributed by atoms with Gasteiger partial charge in [0.15, 0.2) is 0 Å². The summed E-state index contributed by atoms with van der Waals surface area (Å²) in [5, 5.41) is 0. The fraction of sp³-hybridized carbons (Fsp3) is 0.333. The van der Waals surface area contributed by atoms with Crippen molar-refractivity contribution in [3.05, 3.63) is 30.3 Å². The second kappa shape index (κ2) is 5.55. The highest BCUT2D eigenvalue weighted by atomic mass is 19.2. The molecule has 0 saturated heterocycles. The largest absolute Gasteiger partial charge is 0.494 e. The number of para-hydroxylation sites is 1. The Labute approximate surface area is 71.3 Å². The van der Waals surface area contributed by atoms with E-state index in [2.05, 4.69) is 0 Å². The molecule has 12 heavy (non-hydrogen) atoms. The van der Waals surface area contributed by atoms with Crippen LogP contribution in [0.25, 0.3) is 0 Å². The van der Waals surface area contributed by atoms with Crippen molar-refractivity contribution in [2.24, 2.45) is 0 Å². The van der Waals surface area contributed by atoms with Crippen LogP contribution < -0.4 is 10.3 Å². The standard InChI is InChI=1S/C9H12FNO/c10-11-7-4-8-12-9-5-2-1-3-6-9/h1-3,5-6,11H,4,7-8H2. The van der Waals surface area contributed by atoms with Crippen LogP contribution in [0.2, 0.25) is 0 Å². The van der Waals surface area contributed by atoms with E-state index in [9.17, 15) is 4.48 Å². The number of rotatable bonds is 5. The summed E-state index contributed by atoms with van der Waals surface area (Å²) in [6.45, 7) is 0.883. The van der Waals surface area contributed by atoms with Crippen LogP contribution in [0.1, 0.15) is 6.42 Å². The van der Waals surface area contributed by atoms with E-state index >= 15 is 0 Å². The Hall–Kier alpha value is -1.09. The minimum Gasteiger partial charge on any atom is -0.494 e. The van der Waals surface area contributed by atoms with E-state index in [0.717, 1.165) is 5.75 Å². The first kappa shape index (κ1) is 9.00. The zero-order valence-corrected chi connectivity index (χ0v) is 6.79. The third-order valence-corrected chi connectivity index (χ3v) is 1.43. The minimum atomic E-state index is 0.340. The Morgan fingerprint density at radius 3 is 2.67 bits per heavy atom. The van der Waals surface area contributed by atoms with E-state index in [1.807, 2.05) is 30.3 Å². The lowest BCUT2D eigenvalue weighted by molar-refractivity contribution is 0.273. The fourth-order valence-electron chi connectivity index (χ4n) is 0.846. The van der Waals surface area contributed by atoms with Gasteiger partial charge < -0.3 is 4.74 Å². The van der Waals surface area contributed by atoms with Crippen LogP contribution in [0.15, 0.2) is 30.3 Å². The van der Waals surface area contributed by atoms with E-state index in [1.165, 1.54) is 0 Å². The van der Waals surface area contributed by atoms with E-state index in [1.54, 1.807) is 5.54 Å². The molecule has 2 nitrogen and oxygen atoms in total. The zero-order chi connectivity index (χ0) is 8.65. The third-order valence-electron chi connectivity index (χ3n) is 1.43. The maximum absolute atomic E-state index is 11.4. The van der Waals surface area contributed by atoms with Gasteiger partial charge in [-0.2, -0.15) is 5.54 Å². The van der Waals surface area contributed by atoms with Gasteiger partial charge in [0.25, 0.3) is 0 Å². The minimum absolute atomic E-state index is 0.340. The van der Waals surface area contributed by atoms with Crippen LogP contribution in [0.4, 0.5) is 4.48 Å². The molecule has 0 aliphatic heterocycles. The lowest BCUT2D eigenvalue weighted by Crippen LogP contribution is -2.07. The molecule has 0 radical (unpaired) electrons. The van der Waals surface area contributed by atoms with Gasteiger partial charge in [0, 0.05) is 6.54 Å². The first-order chi connectivity index (χ1) is 5.93. The Morgan fingerprint density at radius 1 is 1.25 bits per heavy atom. The zero-order valence-electron chi connectivity index (χ0n) is 6.79. The summed E-state index contributed by atoms with van der Waals surface area (Å²) in [7, 11) is 0. The number of nitrogens with one attached hydrogen (secondary N) is 1. The lowest BCUT2D eigenvalue weighted by Gasteiger charge is -2.03. The van der Waals surface area contributed by atoms with E-state index < -0.39 is 0 Å². The van der Waals surface area contributed by atoms with Gasteiger partial charge in [0.05, 0.1) is 6.61 Å². The number of hydrogen-bond donors (Lipinski definition) is 1. The average molecular weight is 169 g/mol. The highest BCUT2D eigenvalue weighted by Gasteiger charge is 1.90. The van der Waals surface area contributed by atoms with Crippen molar-refractivity contribution in [2.45, 2.75) is 6.42 Å². The summed E-state index contributed by atoms with van der Waals surface area (Å²) in [5.74, 6) is 0.830. The van der Waals surface area contributed by atoms with E-state index in [0.29, 0.717) is 19.6 Å². The second-order valence-corrected chi connectivity index (χ2v) is 2.40. The van der Waals surface area contributed by atoms with Crippen LogP contribution in [0, 0.1) is 0 Å². The number of hydrogen-bond acceptors (Lipinski definition) is 2. The van der Waals surface area contributed by atoms with Gasteiger partial charge in [0.2, 0.25) is 0 Å². The molecule has 0 aliphatic rings. The Bertz CT molecular complexity index is 203. The Kier molecular flexibility index (Phi) is 4.16. The van der Waals surface area contributed by atoms with Crippen molar-refractivity contribution in [1.29, 1.82) is 0 Å². The summed E-state index contributed by atoms with van der Waals surface area (Å²) >= 11 is 0. The molecule has 0 saturated carbocycles. The van der Waals surface area contributed by atoms with E-state index in [-0.39, 0.29) is 0 Å². The maximum atomic E-state index is 11.4. The van der Waals surface area contributed by atoms with Gasteiger partial charge in [0.1, 0.15) is 5.75 Å². The normalized spacial score (nSPS) is 9.75. The molecule has 1 aromatic carbocycles. The fourth-order valence-corrected chi connectivity index (χ4v) is 0.846. The van der Waals surface area contributed by atoms with Crippen molar-refractivity contribution in [2.75, 3.05) is 13.2 Å². The predicted octanol–water partition coefficient (Wildman–Crippen LogP) is 1.93. The smallest absolute Gasteiger partial charge is 0.119 e. The van der Waals surface area contributed by atoms with Crippen molar-refractivity contribution >= 4 is 0 Å². The first-order valence-electron chi connectivity index (χ1n) is 3.95. The van der Waals surface area contributed by atoms with Crippen LogP contribution in [0.5, 0.6) is 5.75 Å². The number of benzene rings is 1. The quantitative estimate of drug-likeness (QED) is 0.537. The summed E-state index contributed by atoms with van der Waals surface area (Å²) in [5.41, 5.74) is 1.57. The van der Waals surface area contributed by atoms with Crippen LogP contribution in [0.3, 0.4) is 0 Å². The van der Waals surface area contributed by atoms with Crippen molar-refractivity contribution in [3.8, 4) is 5.75 Å². The molecule has 66 valence electrons.